The molecule has 2 heterocycles. The number of nitrogens with zero attached hydrogens (tertiary/aromatic N) is 3. The molecule has 4 rings (SSSR count). The average molecular weight is 509 g/mol. The van der Waals surface area contributed by atoms with Crippen LogP contribution in [0.5, 0.6) is 0 Å². The Morgan fingerprint density at radius 1 is 1.21 bits per heavy atom. The Labute approximate surface area is 202 Å². The van der Waals surface area contributed by atoms with Crippen LogP contribution in [0.1, 0.15) is 35.2 Å². The molecular formula is C23H20ClF3N4O2S. The van der Waals surface area contributed by atoms with Gasteiger partial charge in [0, 0.05) is 23.7 Å². The van der Waals surface area contributed by atoms with Crippen molar-refractivity contribution in [2.75, 3.05) is 11.1 Å². The van der Waals surface area contributed by atoms with Crippen molar-refractivity contribution in [3.05, 3.63) is 80.6 Å². The quantitative estimate of drug-likeness (QED) is 0.376. The van der Waals surface area contributed by atoms with Crippen molar-refractivity contribution in [3.8, 4) is 0 Å². The summed E-state index contributed by atoms with van der Waals surface area (Å²) in [6.07, 6.45) is 2.17. The van der Waals surface area contributed by atoms with E-state index >= 15 is 0 Å². The van der Waals surface area contributed by atoms with Crippen LogP contribution in [0.4, 0.5) is 18.9 Å². The summed E-state index contributed by atoms with van der Waals surface area (Å²) in [5, 5.41) is 2.90. The van der Waals surface area contributed by atoms with Crippen LogP contribution in [0.2, 0.25) is 5.02 Å². The fraction of sp³-hybridized carbons (Fsp3) is 0.304. The minimum atomic E-state index is -4.55. The van der Waals surface area contributed by atoms with Gasteiger partial charge in [0.05, 0.1) is 28.6 Å². The van der Waals surface area contributed by atoms with Gasteiger partial charge in [-0.15, -0.1) is 0 Å². The Morgan fingerprint density at radius 3 is 2.74 bits per heavy atom. The smallest absolute Gasteiger partial charge is 0.324 e. The lowest BCUT2D eigenvalue weighted by atomic mass is 9.97. The summed E-state index contributed by atoms with van der Waals surface area (Å²) in [6.45, 7) is 0.363. The number of anilines is 1. The number of alkyl halides is 3. The first-order valence-corrected chi connectivity index (χ1v) is 11.9. The highest BCUT2D eigenvalue weighted by molar-refractivity contribution is 8.00. The molecule has 1 aliphatic carbocycles. The molecule has 1 aromatic carbocycles. The van der Waals surface area contributed by atoms with E-state index in [0.717, 1.165) is 72.5 Å². The van der Waals surface area contributed by atoms with E-state index in [1.54, 1.807) is 23.0 Å². The standard InChI is InChI=1S/C23H20ClF3N4O2S/c24-17-8-7-15(23(25,26)27)10-18(17)29-20(32)13-34-21-16-5-1-2-6-19(16)31(22(33)30-21)12-14-4-3-9-28-11-14/h3-4,7-11H,1-2,5-6,12-13H2,(H,29,32). The molecule has 0 bridgehead atoms. The molecule has 0 radical (unpaired) electrons. The Kier molecular flexibility index (Phi) is 7.27. The maximum absolute atomic E-state index is 13.0. The summed E-state index contributed by atoms with van der Waals surface area (Å²) in [6, 6.07) is 6.43. The van der Waals surface area contributed by atoms with Crippen LogP contribution in [0.15, 0.2) is 52.5 Å². The van der Waals surface area contributed by atoms with Crippen molar-refractivity contribution in [3.63, 3.8) is 0 Å². The largest absolute Gasteiger partial charge is 0.416 e. The monoisotopic (exact) mass is 508 g/mol. The number of amides is 1. The van der Waals surface area contributed by atoms with Gasteiger partial charge in [0.2, 0.25) is 5.91 Å². The molecule has 0 saturated carbocycles. The molecule has 6 nitrogen and oxygen atoms in total. The number of halogens is 4. The van der Waals surface area contributed by atoms with Gasteiger partial charge < -0.3 is 5.32 Å². The van der Waals surface area contributed by atoms with Crippen LogP contribution in [0, 0.1) is 0 Å². The van der Waals surface area contributed by atoms with Crippen molar-refractivity contribution in [1.82, 2.24) is 14.5 Å². The van der Waals surface area contributed by atoms with Crippen molar-refractivity contribution in [1.29, 1.82) is 0 Å². The SMILES string of the molecule is O=C(CSc1nc(=O)n(Cc2cccnc2)c2c1CCCC2)Nc1cc(C(F)(F)F)ccc1Cl. The lowest BCUT2D eigenvalue weighted by Gasteiger charge is -2.22. The van der Waals surface area contributed by atoms with Gasteiger partial charge in [-0.25, -0.2) is 4.79 Å². The lowest BCUT2D eigenvalue weighted by molar-refractivity contribution is -0.137. The van der Waals surface area contributed by atoms with E-state index in [4.69, 9.17) is 11.6 Å². The Bertz CT molecular complexity index is 1270. The number of carbonyl (C=O) groups is 1. The van der Waals surface area contributed by atoms with Crippen molar-refractivity contribution in [2.24, 2.45) is 0 Å². The average Bonchev–Trinajstić information content (AvgIpc) is 2.81. The number of nitrogens with one attached hydrogen (secondary N) is 1. The lowest BCUT2D eigenvalue weighted by Crippen LogP contribution is -2.30. The van der Waals surface area contributed by atoms with Crippen LogP contribution in [-0.4, -0.2) is 26.2 Å². The van der Waals surface area contributed by atoms with Crippen molar-refractivity contribution >= 4 is 35.0 Å². The summed E-state index contributed by atoms with van der Waals surface area (Å²) in [7, 11) is 0. The second-order valence-electron chi connectivity index (χ2n) is 7.81. The molecule has 0 unspecified atom stereocenters. The fourth-order valence-electron chi connectivity index (χ4n) is 3.82. The van der Waals surface area contributed by atoms with Crippen LogP contribution in [0.25, 0.3) is 0 Å². The van der Waals surface area contributed by atoms with Crippen molar-refractivity contribution < 1.29 is 18.0 Å². The first kappa shape index (κ1) is 24.3. The predicted octanol–water partition coefficient (Wildman–Crippen LogP) is 4.97. The van der Waals surface area contributed by atoms with E-state index in [2.05, 4.69) is 15.3 Å². The molecule has 2 aromatic heterocycles. The number of fused-ring (bicyclic) bond motifs is 1. The molecule has 0 atom stereocenters. The normalized spacial score (nSPS) is 13.4. The Balaban J connectivity index is 1.52. The van der Waals surface area contributed by atoms with Gasteiger partial charge in [-0.05, 0) is 55.5 Å². The first-order chi connectivity index (χ1) is 16.2. The number of hydrogen-bond donors (Lipinski definition) is 1. The number of carbonyl (C=O) groups excluding carboxylic acids is 1. The number of rotatable bonds is 6. The molecule has 1 aliphatic rings. The molecule has 0 aliphatic heterocycles. The van der Waals surface area contributed by atoms with E-state index < -0.39 is 23.3 Å². The van der Waals surface area contributed by atoms with Gasteiger partial charge >= 0.3 is 11.9 Å². The molecule has 0 saturated heterocycles. The molecule has 178 valence electrons. The second kappa shape index (κ2) is 10.2. The minimum absolute atomic E-state index is 0.000136. The summed E-state index contributed by atoms with van der Waals surface area (Å²) in [5.74, 6) is -0.671. The fourth-order valence-corrected chi connectivity index (χ4v) is 4.86. The van der Waals surface area contributed by atoms with E-state index in [9.17, 15) is 22.8 Å². The summed E-state index contributed by atoms with van der Waals surface area (Å²) in [4.78, 5) is 33.6. The third kappa shape index (κ3) is 5.61. The van der Waals surface area contributed by atoms with Crippen LogP contribution in [0.3, 0.4) is 0 Å². The highest BCUT2D eigenvalue weighted by Gasteiger charge is 2.31. The highest BCUT2D eigenvalue weighted by Crippen LogP contribution is 2.34. The number of thioether (sulfide) groups is 1. The van der Waals surface area contributed by atoms with Crippen LogP contribution in [-0.2, 0) is 30.4 Å². The van der Waals surface area contributed by atoms with Crippen LogP contribution < -0.4 is 11.0 Å². The zero-order valence-electron chi connectivity index (χ0n) is 17.9. The highest BCUT2D eigenvalue weighted by atomic mass is 35.5. The van der Waals surface area contributed by atoms with Crippen molar-refractivity contribution in [2.45, 2.75) is 43.4 Å². The van der Waals surface area contributed by atoms with E-state index in [0.29, 0.717) is 11.6 Å². The Hall–Kier alpha value is -2.85. The third-order valence-corrected chi connectivity index (χ3v) is 6.77. The van der Waals surface area contributed by atoms with Gasteiger partial charge in [-0.2, -0.15) is 18.2 Å². The second-order valence-corrected chi connectivity index (χ2v) is 9.18. The molecule has 34 heavy (non-hydrogen) atoms. The zero-order chi connectivity index (χ0) is 24.3. The maximum Gasteiger partial charge on any atom is 0.416 e. The number of hydrogen-bond acceptors (Lipinski definition) is 5. The van der Waals surface area contributed by atoms with E-state index in [-0.39, 0.29) is 16.5 Å². The molecular weight excluding hydrogens is 489 g/mol. The molecule has 1 N–H and O–H groups in total. The minimum Gasteiger partial charge on any atom is -0.324 e. The molecule has 11 heteroatoms. The molecule has 0 fully saturated rings. The summed E-state index contributed by atoms with van der Waals surface area (Å²) < 4.78 is 40.6. The topological polar surface area (TPSA) is 76.9 Å². The third-order valence-electron chi connectivity index (χ3n) is 5.42. The van der Waals surface area contributed by atoms with Gasteiger partial charge in [-0.1, -0.05) is 29.4 Å². The zero-order valence-corrected chi connectivity index (χ0v) is 19.4. The Morgan fingerprint density at radius 2 is 2.00 bits per heavy atom. The molecule has 1 amide bonds. The predicted molar refractivity (Wildman–Crippen MR) is 124 cm³/mol. The van der Waals surface area contributed by atoms with Crippen LogP contribution >= 0.6 is 23.4 Å². The van der Waals surface area contributed by atoms with E-state index in [1.807, 2.05) is 6.07 Å². The van der Waals surface area contributed by atoms with Gasteiger partial charge in [-0.3, -0.25) is 14.3 Å². The summed E-state index contributed by atoms with van der Waals surface area (Å²) in [5.41, 5.74) is 1.28. The molecule has 3 aromatic rings. The maximum atomic E-state index is 13.0. The number of benzene rings is 1. The van der Waals surface area contributed by atoms with Gasteiger partial charge in [0.15, 0.2) is 0 Å². The molecule has 0 spiro atoms. The van der Waals surface area contributed by atoms with E-state index in [1.165, 1.54) is 0 Å². The first-order valence-electron chi connectivity index (χ1n) is 10.5. The van der Waals surface area contributed by atoms with Gasteiger partial charge in [0.25, 0.3) is 0 Å². The van der Waals surface area contributed by atoms with Gasteiger partial charge in [0.1, 0.15) is 5.03 Å². The number of pyridine rings is 1. The number of aromatic nitrogens is 3. The summed E-state index contributed by atoms with van der Waals surface area (Å²) >= 11 is 7.05.